The number of rotatable bonds is 5. The maximum absolute atomic E-state index is 6.47. The summed E-state index contributed by atoms with van der Waals surface area (Å²) in [6, 6.07) is 15.2. The van der Waals surface area contributed by atoms with Crippen LogP contribution in [-0.2, 0) is 6.42 Å². The zero-order valence-corrected chi connectivity index (χ0v) is 18.0. The Bertz CT molecular complexity index is 916. The molecule has 0 saturated carbocycles. The monoisotopic (exact) mass is 404 g/mol. The van der Waals surface area contributed by atoms with Gasteiger partial charge in [-0.2, -0.15) is 0 Å². The van der Waals surface area contributed by atoms with Crippen LogP contribution in [0.1, 0.15) is 37.3 Å². The Morgan fingerprint density at radius 1 is 1.13 bits per heavy atom. The Morgan fingerprint density at radius 2 is 1.90 bits per heavy atom. The van der Waals surface area contributed by atoms with Crippen molar-refractivity contribution in [3.63, 3.8) is 0 Å². The van der Waals surface area contributed by atoms with Crippen molar-refractivity contribution in [2.75, 3.05) is 25.0 Å². The summed E-state index contributed by atoms with van der Waals surface area (Å²) < 4.78 is 6.47. The first-order chi connectivity index (χ1) is 14.7. The third-order valence-electron chi connectivity index (χ3n) is 6.28. The number of benzene rings is 2. The first kappa shape index (κ1) is 20.5. The van der Waals surface area contributed by atoms with Gasteiger partial charge in [-0.25, -0.2) is 0 Å². The topological polar surface area (TPSA) is 62.9 Å². The van der Waals surface area contributed by atoms with E-state index >= 15 is 0 Å². The molecule has 0 bridgehead atoms. The van der Waals surface area contributed by atoms with E-state index in [0.29, 0.717) is 12.1 Å². The number of anilines is 1. The van der Waals surface area contributed by atoms with Crippen molar-refractivity contribution in [3.05, 3.63) is 59.8 Å². The molecule has 0 aliphatic carbocycles. The molecule has 0 spiro atoms. The van der Waals surface area contributed by atoms with Crippen LogP contribution in [0, 0.1) is 0 Å². The highest BCUT2D eigenvalue weighted by atomic mass is 16.5. The van der Waals surface area contributed by atoms with Gasteiger partial charge in [-0.15, -0.1) is 0 Å². The minimum Gasteiger partial charge on any atom is -0.456 e. The maximum atomic E-state index is 6.47. The van der Waals surface area contributed by atoms with Gasteiger partial charge >= 0.3 is 0 Å². The van der Waals surface area contributed by atoms with E-state index < -0.39 is 0 Å². The number of allylic oxidation sites excluding steroid dienone is 1. The normalized spacial score (nSPS) is 20.4. The highest BCUT2D eigenvalue weighted by molar-refractivity contribution is 6.11. The lowest BCUT2D eigenvalue weighted by atomic mass is 9.92. The molecule has 1 fully saturated rings. The molecule has 30 heavy (non-hydrogen) atoms. The van der Waals surface area contributed by atoms with Crippen LogP contribution in [0.4, 0.5) is 5.69 Å². The maximum Gasteiger partial charge on any atom is 0.140 e. The number of aliphatic imine (C=N–C) groups is 1. The first-order valence-electron chi connectivity index (χ1n) is 10.9. The van der Waals surface area contributed by atoms with Crippen molar-refractivity contribution >= 4 is 17.5 Å². The van der Waals surface area contributed by atoms with Gasteiger partial charge in [-0.05, 0) is 70.0 Å². The van der Waals surface area contributed by atoms with Crippen LogP contribution in [0.15, 0.2) is 53.7 Å². The first-order valence-corrected chi connectivity index (χ1v) is 10.9. The molecule has 0 aromatic heterocycles. The summed E-state index contributed by atoms with van der Waals surface area (Å²) >= 11 is 0. The van der Waals surface area contributed by atoms with Crippen LogP contribution in [0.5, 0.6) is 11.5 Å². The minimum atomic E-state index is 0.351. The van der Waals surface area contributed by atoms with Crippen LogP contribution < -0.4 is 20.7 Å². The number of ether oxygens (including phenoxy) is 1. The molecule has 5 heteroatoms. The molecule has 4 rings (SSSR count). The number of para-hydroxylation sites is 1. The molecule has 2 aromatic carbocycles. The molecule has 5 nitrogen and oxygen atoms in total. The third kappa shape index (κ3) is 4.36. The van der Waals surface area contributed by atoms with Crippen molar-refractivity contribution in [1.82, 2.24) is 5.32 Å². The summed E-state index contributed by atoms with van der Waals surface area (Å²) in [5.74, 6) is 1.73. The Kier molecular flexibility index (Phi) is 6.38. The van der Waals surface area contributed by atoms with E-state index in [9.17, 15) is 0 Å². The number of fused-ring (bicyclic) bond motifs is 1. The Hall–Kier alpha value is -2.79. The lowest BCUT2D eigenvalue weighted by molar-refractivity contribution is 0.461. The van der Waals surface area contributed by atoms with Gasteiger partial charge in [-0.3, -0.25) is 4.99 Å². The second kappa shape index (κ2) is 9.35. The zero-order chi connectivity index (χ0) is 20.9. The van der Waals surface area contributed by atoms with Gasteiger partial charge in [0.1, 0.15) is 11.5 Å². The average molecular weight is 405 g/mol. The van der Waals surface area contributed by atoms with Gasteiger partial charge in [0.2, 0.25) is 0 Å². The fraction of sp³-hybridized carbons (Fsp3) is 0.400. The Morgan fingerprint density at radius 3 is 2.63 bits per heavy atom. The fourth-order valence-electron chi connectivity index (χ4n) is 4.27. The highest BCUT2D eigenvalue weighted by Gasteiger charge is 2.26. The fourth-order valence-corrected chi connectivity index (χ4v) is 4.27. The zero-order valence-electron chi connectivity index (χ0n) is 18.0. The van der Waals surface area contributed by atoms with E-state index in [2.05, 4.69) is 36.3 Å². The smallest absolute Gasteiger partial charge is 0.140 e. The second-order valence-electron chi connectivity index (χ2n) is 8.23. The number of hydrogen-bond donors (Lipinski definition) is 2. The van der Waals surface area contributed by atoms with Gasteiger partial charge in [-0.1, -0.05) is 18.2 Å². The molecular formula is C25H32N4O. The van der Waals surface area contributed by atoms with Gasteiger partial charge in [0.25, 0.3) is 0 Å². The van der Waals surface area contributed by atoms with Gasteiger partial charge in [0.05, 0.1) is 6.04 Å². The molecular weight excluding hydrogens is 372 g/mol. The van der Waals surface area contributed by atoms with E-state index in [1.807, 2.05) is 36.5 Å². The lowest BCUT2D eigenvalue weighted by Gasteiger charge is -2.35. The summed E-state index contributed by atoms with van der Waals surface area (Å²) in [5, 5.41) is 3.39. The van der Waals surface area contributed by atoms with Gasteiger partial charge in [0, 0.05) is 47.9 Å². The molecule has 158 valence electrons. The molecule has 1 atom stereocenters. The Labute approximate surface area is 179 Å². The highest BCUT2D eigenvalue weighted by Crippen LogP contribution is 2.42. The molecule has 0 amide bonds. The van der Waals surface area contributed by atoms with Crippen molar-refractivity contribution in [2.24, 2.45) is 10.7 Å². The molecule has 2 aromatic rings. The molecule has 3 N–H and O–H groups in total. The summed E-state index contributed by atoms with van der Waals surface area (Å²) in [6.07, 6.45) is 7.80. The van der Waals surface area contributed by atoms with Crippen LogP contribution >= 0.6 is 0 Å². The second-order valence-corrected chi connectivity index (χ2v) is 8.23. The summed E-state index contributed by atoms with van der Waals surface area (Å²) in [7, 11) is 2.16. The third-order valence-corrected chi connectivity index (χ3v) is 6.28. The molecule has 1 saturated heterocycles. The van der Waals surface area contributed by atoms with Crippen molar-refractivity contribution in [2.45, 2.75) is 44.7 Å². The van der Waals surface area contributed by atoms with Gasteiger partial charge in [0.15, 0.2) is 0 Å². The number of nitrogens with zero attached hydrogens (tertiary/aromatic N) is 2. The summed E-state index contributed by atoms with van der Waals surface area (Å²) in [4.78, 5) is 7.18. The molecule has 2 aliphatic rings. The minimum absolute atomic E-state index is 0.351. The predicted octanol–water partition coefficient (Wildman–Crippen LogP) is 4.37. The SMILES string of the molecule is CC1CCc2c(ccc(C(C=NC3CCNCC3)=CN)c2Oc2ccccc2)N1C. The Balaban J connectivity index is 1.73. The average Bonchev–Trinajstić information content (AvgIpc) is 2.79. The van der Waals surface area contributed by atoms with Crippen molar-refractivity contribution in [1.29, 1.82) is 0 Å². The standard InChI is InChI=1S/C25H32N4O/c1-18-8-9-23-24(29(18)2)11-10-22(25(23)30-21-6-4-3-5-7-21)19(16-26)17-28-20-12-14-27-15-13-20/h3-7,10-11,16-18,20,27H,8-9,12-15,26H2,1-2H3. The molecule has 0 radical (unpaired) electrons. The number of nitrogens with two attached hydrogens (primary N) is 1. The molecule has 2 aliphatic heterocycles. The number of piperidine rings is 1. The molecule has 2 heterocycles. The largest absolute Gasteiger partial charge is 0.456 e. The number of nitrogens with one attached hydrogen (secondary N) is 1. The van der Waals surface area contributed by atoms with E-state index in [0.717, 1.165) is 61.4 Å². The predicted molar refractivity (Wildman–Crippen MR) is 126 cm³/mol. The van der Waals surface area contributed by atoms with Crippen LogP contribution in [0.2, 0.25) is 0 Å². The van der Waals surface area contributed by atoms with E-state index in [1.165, 1.54) is 11.3 Å². The van der Waals surface area contributed by atoms with Crippen LogP contribution in [0.3, 0.4) is 0 Å². The van der Waals surface area contributed by atoms with Crippen LogP contribution in [-0.4, -0.2) is 38.4 Å². The lowest BCUT2D eigenvalue weighted by Crippen LogP contribution is -2.33. The van der Waals surface area contributed by atoms with E-state index in [1.54, 1.807) is 6.20 Å². The van der Waals surface area contributed by atoms with Crippen molar-refractivity contribution in [3.8, 4) is 11.5 Å². The van der Waals surface area contributed by atoms with Crippen molar-refractivity contribution < 1.29 is 4.74 Å². The number of hydrogen-bond acceptors (Lipinski definition) is 5. The summed E-state index contributed by atoms with van der Waals surface area (Å²) in [6.45, 7) is 4.32. The van der Waals surface area contributed by atoms with E-state index in [4.69, 9.17) is 15.5 Å². The molecule has 1 unspecified atom stereocenters. The summed E-state index contributed by atoms with van der Waals surface area (Å²) in [5.41, 5.74) is 10.5. The van der Waals surface area contributed by atoms with E-state index in [-0.39, 0.29) is 0 Å². The van der Waals surface area contributed by atoms with Crippen LogP contribution in [0.25, 0.3) is 5.57 Å². The quantitative estimate of drug-likeness (QED) is 0.727. The van der Waals surface area contributed by atoms with Gasteiger partial charge < -0.3 is 20.7 Å².